The van der Waals surface area contributed by atoms with Crippen molar-refractivity contribution in [1.29, 1.82) is 0 Å². The first-order chi connectivity index (χ1) is 11.5. The molecule has 0 aliphatic carbocycles. The number of hydrogen-bond donors (Lipinski definition) is 1. The number of carbonyl (C=O) groups excluding carboxylic acids is 1. The van der Waals surface area contributed by atoms with Crippen LogP contribution in [0.25, 0.3) is 5.69 Å². The molecule has 3 rings (SSSR count). The van der Waals surface area contributed by atoms with Crippen molar-refractivity contribution in [2.75, 3.05) is 5.32 Å². The summed E-state index contributed by atoms with van der Waals surface area (Å²) in [6.45, 7) is 0. The molecule has 1 amide bonds. The number of aromatic nitrogens is 3. The van der Waals surface area contributed by atoms with Crippen molar-refractivity contribution in [2.24, 2.45) is 0 Å². The van der Waals surface area contributed by atoms with Crippen LogP contribution in [0.15, 0.2) is 54.9 Å². The zero-order chi connectivity index (χ0) is 17.1. The number of carbonyl (C=O) groups is 1. The van der Waals surface area contributed by atoms with Crippen LogP contribution in [0.5, 0.6) is 0 Å². The predicted octanol–water partition coefficient (Wildman–Crippen LogP) is 3.08. The lowest BCUT2D eigenvalue weighted by molar-refractivity contribution is -0.384. The topological polar surface area (TPSA) is 103 Å². The van der Waals surface area contributed by atoms with Gasteiger partial charge in [-0.2, -0.15) is 5.10 Å². The largest absolute Gasteiger partial charge is 0.306 e. The fourth-order valence-electron chi connectivity index (χ4n) is 2.02. The molecule has 0 radical (unpaired) electrons. The molecule has 0 saturated heterocycles. The summed E-state index contributed by atoms with van der Waals surface area (Å²) < 4.78 is 1.46. The monoisotopic (exact) mass is 343 g/mol. The van der Waals surface area contributed by atoms with E-state index in [9.17, 15) is 14.9 Å². The minimum atomic E-state index is -0.483. The van der Waals surface area contributed by atoms with E-state index in [2.05, 4.69) is 15.4 Å². The van der Waals surface area contributed by atoms with Crippen molar-refractivity contribution >= 4 is 29.0 Å². The molecule has 0 fully saturated rings. The van der Waals surface area contributed by atoms with Gasteiger partial charge in [0, 0.05) is 24.4 Å². The first-order valence-corrected chi connectivity index (χ1v) is 7.14. The number of amides is 1. The smallest absolute Gasteiger partial charge is 0.269 e. The Kier molecular flexibility index (Phi) is 4.21. The molecule has 0 spiro atoms. The molecule has 0 unspecified atom stereocenters. The zero-order valence-electron chi connectivity index (χ0n) is 12.1. The third kappa shape index (κ3) is 3.23. The van der Waals surface area contributed by atoms with Gasteiger partial charge in [0.2, 0.25) is 0 Å². The number of hydrogen-bond acceptors (Lipinski definition) is 5. The van der Waals surface area contributed by atoms with Crippen LogP contribution in [0.2, 0.25) is 5.15 Å². The Morgan fingerprint density at radius 2 is 1.92 bits per heavy atom. The molecule has 120 valence electrons. The summed E-state index contributed by atoms with van der Waals surface area (Å²) >= 11 is 5.69. The van der Waals surface area contributed by atoms with E-state index in [1.807, 2.05) is 0 Å². The highest BCUT2D eigenvalue weighted by Gasteiger charge is 2.12. The number of nitrogens with one attached hydrogen (secondary N) is 1. The Labute approximate surface area is 140 Å². The van der Waals surface area contributed by atoms with Crippen molar-refractivity contribution in [3.63, 3.8) is 0 Å². The Morgan fingerprint density at radius 3 is 2.54 bits per heavy atom. The molecule has 1 aromatic carbocycles. The summed E-state index contributed by atoms with van der Waals surface area (Å²) in [5, 5.41) is 17.8. The van der Waals surface area contributed by atoms with Crippen molar-refractivity contribution < 1.29 is 9.72 Å². The van der Waals surface area contributed by atoms with E-state index in [4.69, 9.17) is 11.6 Å². The summed E-state index contributed by atoms with van der Waals surface area (Å²) in [4.78, 5) is 26.3. The van der Waals surface area contributed by atoms with Gasteiger partial charge in [-0.05, 0) is 24.3 Å². The molecule has 0 atom stereocenters. The van der Waals surface area contributed by atoms with Gasteiger partial charge < -0.3 is 5.32 Å². The van der Waals surface area contributed by atoms with Gasteiger partial charge in [0.15, 0.2) is 0 Å². The number of halogens is 1. The van der Waals surface area contributed by atoms with Crippen LogP contribution in [0.1, 0.15) is 10.4 Å². The van der Waals surface area contributed by atoms with Gasteiger partial charge in [0.1, 0.15) is 11.0 Å². The van der Waals surface area contributed by atoms with Crippen LogP contribution >= 0.6 is 11.6 Å². The third-order valence-corrected chi connectivity index (χ3v) is 3.40. The van der Waals surface area contributed by atoms with Gasteiger partial charge in [-0.3, -0.25) is 14.9 Å². The van der Waals surface area contributed by atoms with Gasteiger partial charge in [-0.1, -0.05) is 11.6 Å². The van der Waals surface area contributed by atoms with Crippen LogP contribution in [0.4, 0.5) is 11.5 Å². The predicted molar refractivity (Wildman–Crippen MR) is 87.4 cm³/mol. The minimum absolute atomic E-state index is 0.0243. The second-order valence-electron chi connectivity index (χ2n) is 4.73. The molecule has 3 aromatic rings. The highest BCUT2D eigenvalue weighted by atomic mass is 35.5. The summed E-state index contributed by atoms with van der Waals surface area (Å²) in [6.07, 6.45) is 2.88. The fourth-order valence-corrected chi connectivity index (χ4v) is 2.13. The standard InChI is InChI=1S/C15H10ClN5O3/c16-13-6-1-10(9-17-13)15(22)19-14-7-8-18-20(14)11-2-4-12(5-3-11)21(23)24/h1-9H,(H,19,22). The Balaban J connectivity index is 1.83. The lowest BCUT2D eigenvalue weighted by Gasteiger charge is -2.09. The minimum Gasteiger partial charge on any atom is -0.306 e. The van der Waals surface area contributed by atoms with Crippen molar-refractivity contribution in [3.8, 4) is 5.69 Å². The second-order valence-corrected chi connectivity index (χ2v) is 5.11. The normalized spacial score (nSPS) is 10.4. The maximum Gasteiger partial charge on any atom is 0.269 e. The van der Waals surface area contributed by atoms with Crippen LogP contribution < -0.4 is 5.32 Å². The van der Waals surface area contributed by atoms with E-state index in [0.717, 1.165) is 0 Å². The number of nitro groups is 1. The quantitative estimate of drug-likeness (QED) is 0.445. The molecule has 0 saturated carbocycles. The van der Waals surface area contributed by atoms with Crippen LogP contribution in [0.3, 0.4) is 0 Å². The first-order valence-electron chi connectivity index (χ1n) is 6.76. The molecule has 0 bridgehead atoms. The number of pyridine rings is 1. The summed E-state index contributed by atoms with van der Waals surface area (Å²) in [5.74, 6) is 0.0478. The van der Waals surface area contributed by atoms with E-state index < -0.39 is 4.92 Å². The van der Waals surface area contributed by atoms with Gasteiger partial charge >= 0.3 is 0 Å². The van der Waals surface area contributed by atoms with E-state index in [-0.39, 0.29) is 11.6 Å². The van der Waals surface area contributed by atoms with Crippen molar-refractivity contribution in [2.45, 2.75) is 0 Å². The van der Waals surface area contributed by atoms with Gasteiger partial charge in [-0.25, -0.2) is 9.67 Å². The molecular weight excluding hydrogens is 334 g/mol. The highest BCUT2D eigenvalue weighted by Crippen LogP contribution is 2.19. The SMILES string of the molecule is O=C(Nc1ccnn1-c1ccc([N+](=O)[O-])cc1)c1ccc(Cl)nc1. The second kappa shape index (κ2) is 6.47. The van der Waals surface area contributed by atoms with Crippen LogP contribution in [0, 0.1) is 10.1 Å². The lowest BCUT2D eigenvalue weighted by atomic mass is 10.2. The van der Waals surface area contributed by atoms with E-state index >= 15 is 0 Å². The van der Waals surface area contributed by atoms with Crippen molar-refractivity contribution in [3.05, 3.63) is 75.7 Å². The third-order valence-electron chi connectivity index (χ3n) is 3.18. The number of non-ortho nitro benzene ring substituents is 1. The molecule has 0 aliphatic rings. The summed E-state index contributed by atoms with van der Waals surface area (Å²) in [5.41, 5.74) is 0.898. The van der Waals surface area contributed by atoms with Crippen LogP contribution in [-0.4, -0.2) is 25.6 Å². The van der Waals surface area contributed by atoms with E-state index in [0.29, 0.717) is 22.2 Å². The summed E-state index contributed by atoms with van der Waals surface area (Å²) in [6, 6.07) is 10.5. The molecular formula is C15H10ClN5O3. The summed E-state index contributed by atoms with van der Waals surface area (Å²) in [7, 11) is 0. The number of anilines is 1. The lowest BCUT2D eigenvalue weighted by Crippen LogP contribution is -2.15. The Bertz CT molecular complexity index is 890. The fraction of sp³-hybridized carbons (Fsp3) is 0. The maximum atomic E-state index is 12.2. The maximum absolute atomic E-state index is 12.2. The van der Waals surface area contributed by atoms with Crippen molar-refractivity contribution in [1.82, 2.24) is 14.8 Å². The van der Waals surface area contributed by atoms with Gasteiger partial charge in [0.25, 0.3) is 11.6 Å². The Hall–Kier alpha value is -3.26. The molecule has 2 aromatic heterocycles. The number of benzene rings is 1. The van der Waals surface area contributed by atoms with Crippen LogP contribution in [-0.2, 0) is 0 Å². The Morgan fingerprint density at radius 1 is 1.17 bits per heavy atom. The molecule has 1 N–H and O–H groups in total. The number of rotatable bonds is 4. The number of nitro benzene ring substituents is 1. The number of nitrogens with zero attached hydrogens (tertiary/aromatic N) is 4. The molecule has 2 heterocycles. The molecule has 8 nitrogen and oxygen atoms in total. The molecule has 0 aliphatic heterocycles. The highest BCUT2D eigenvalue weighted by molar-refractivity contribution is 6.29. The average molecular weight is 344 g/mol. The average Bonchev–Trinajstić information content (AvgIpc) is 3.03. The van der Waals surface area contributed by atoms with Gasteiger partial charge in [-0.15, -0.1) is 0 Å². The molecule has 24 heavy (non-hydrogen) atoms. The van der Waals surface area contributed by atoms with Gasteiger partial charge in [0.05, 0.1) is 22.4 Å². The molecule has 9 heteroatoms. The zero-order valence-corrected chi connectivity index (χ0v) is 12.8. The van der Waals surface area contributed by atoms with E-state index in [1.54, 1.807) is 24.3 Å². The first kappa shape index (κ1) is 15.6. The van der Waals surface area contributed by atoms with E-state index in [1.165, 1.54) is 35.3 Å².